The van der Waals surface area contributed by atoms with E-state index in [1.165, 1.54) is 7.11 Å². The standard InChI is InChI=1S/C15H22N2O4/c1-10-6-7-13(20-4)12(8-10)9-17(3)11(2)14(18)16-15(19)21-5/h6-8,11H,9H2,1-5H3,(H,16,18,19)/p+1/t11-/m0/s1. The summed E-state index contributed by atoms with van der Waals surface area (Å²) in [5, 5.41) is 2.18. The van der Waals surface area contributed by atoms with Gasteiger partial charge in [0, 0.05) is 5.56 Å². The molecule has 0 bridgehead atoms. The average Bonchev–Trinajstić information content (AvgIpc) is 2.46. The Balaban J connectivity index is 2.76. The fourth-order valence-electron chi connectivity index (χ4n) is 1.98. The summed E-state index contributed by atoms with van der Waals surface area (Å²) in [6, 6.07) is 5.53. The molecule has 1 rings (SSSR count). The number of amides is 2. The van der Waals surface area contributed by atoms with Gasteiger partial charge in [-0.25, -0.2) is 4.79 Å². The van der Waals surface area contributed by atoms with Crippen molar-refractivity contribution >= 4 is 12.0 Å². The van der Waals surface area contributed by atoms with Crippen LogP contribution in [0.25, 0.3) is 0 Å². The lowest BCUT2D eigenvalue weighted by molar-refractivity contribution is -0.908. The maximum absolute atomic E-state index is 11.9. The van der Waals surface area contributed by atoms with E-state index >= 15 is 0 Å². The van der Waals surface area contributed by atoms with E-state index in [9.17, 15) is 9.59 Å². The Labute approximate surface area is 125 Å². The number of hydrogen-bond donors (Lipinski definition) is 2. The van der Waals surface area contributed by atoms with Crippen molar-refractivity contribution < 1.29 is 24.0 Å². The van der Waals surface area contributed by atoms with Gasteiger partial charge in [-0.2, -0.15) is 0 Å². The molecule has 0 saturated heterocycles. The van der Waals surface area contributed by atoms with Crippen LogP contribution in [-0.4, -0.2) is 39.3 Å². The number of ether oxygens (including phenoxy) is 2. The highest BCUT2D eigenvalue weighted by atomic mass is 16.5. The third-order valence-corrected chi connectivity index (χ3v) is 3.45. The Morgan fingerprint density at radius 2 is 2.00 bits per heavy atom. The van der Waals surface area contributed by atoms with E-state index in [1.54, 1.807) is 14.0 Å². The van der Waals surface area contributed by atoms with Gasteiger partial charge in [0.05, 0.1) is 21.3 Å². The molecule has 2 atom stereocenters. The van der Waals surface area contributed by atoms with Crippen LogP contribution in [0.1, 0.15) is 18.1 Å². The zero-order valence-electron chi connectivity index (χ0n) is 13.1. The van der Waals surface area contributed by atoms with Gasteiger partial charge in [-0.3, -0.25) is 10.1 Å². The summed E-state index contributed by atoms with van der Waals surface area (Å²) in [6.07, 6.45) is -0.743. The van der Waals surface area contributed by atoms with Crippen LogP contribution < -0.4 is 15.0 Å². The van der Waals surface area contributed by atoms with Gasteiger partial charge in [-0.15, -0.1) is 0 Å². The Kier molecular flexibility index (Phi) is 6.17. The monoisotopic (exact) mass is 295 g/mol. The Morgan fingerprint density at radius 3 is 2.57 bits per heavy atom. The number of carbonyl (C=O) groups excluding carboxylic acids is 2. The molecule has 2 N–H and O–H groups in total. The zero-order valence-corrected chi connectivity index (χ0v) is 13.1. The number of rotatable bonds is 5. The number of carbonyl (C=O) groups is 2. The molecule has 0 aromatic heterocycles. The topological polar surface area (TPSA) is 69.1 Å². The van der Waals surface area contributed by atoms with Gasteiger partial charge in [-0.05, 0) is 26.0 Å². The summed E-state index contributed by atoms with van der Waals surface area (Å²) in [4.78, 5) is 23.9. The van der Waals surface area contributed by atoms with E-state index in [-0.39, 0.29) is 5.91 Å². The van der Waals surface area contributed by atoms with Crippen molar-refractivity contribution in [3.05, 3.63) is 29.3 Å². The predicted molar refractivity (Wildman–Crippen MR) is 78.3 cm³/mol. The first-order valence-corrected chi connectivity index (χ1v) is 6.73. The third-order valence-electron chi connectivity index (χ3n) is 3.45. The summed E-state index contributed by atoms with van der Waals surface area (Å²) in [5.74, 6) is 0.423. The summed E-state index contributed by atoms with van der Waals surface area (Å²) in [6.45, 7) is 4.38. The SMILES string of the molecule is COC(=O)NC(=O)[C@H](C)[NH+](C)Cc1cc(C)ccc1OC. The average molecular weight is 295 g/mol. The van der Waals surface area contributed by atoms with E-state index in [0.29, 0.717) is 6.54 Å². The normalized spacial score (nSPS) is 13.2. The van der Waals surface area contributed by atoms with Crippen molar-refractivity contribution in [2.75, 3.05) is 21.3 Å². The molecule has 0 aliphatic carbocycles. The number of benzene rings is 1. The summed E-state index contributed by atoms with van der Waals surface area (Å²) in [7, 11) is 4.74. The van der Waals surface area contributed by atoms with Crippen LogP contribution >= 0.6 is 0 Å². The Hall–Kier alpha value is -2.08. The van der Waals surface area contributed by atoms with Crippen LogP contribution in [0.4, 0.5) is 4.79 Å². The molecule has 1 aromatic rings. The molecule has 6 heteroatoms. The van der Waals surface area contributed by atoms with Crippen LogP contribution in [0.3, 0.4) is 0 Å². The summed E-state index contributed by atoms with van der Waals surface area (Å²) in [5.41, 5.74) is 2.15. The number of quaternary nitrogens is 1. The van der Waals surface area contributed by atoms with Gasteiger partial charge in [0.15, 0.2) is 6.04 Å². The van der Waals surface area contributed by atoms with Crippen molar-refractivity contribution in [3.8, 4) is 5.75 Å². The second-order valence-electron chi connectivity index (χ2n) is 5.04. The largest absolute Gasteiger partial charge is 0.496 e. The first-order chi connectivity index (χ1) is 9.88. The molecule has 1 aromatic carbocycles. The quantitative estimate of drug-likeness (QED) is 0.819. The highest BCUT2D eigenvalue weighted by Crippen LogP contribution is 2.18. The molecule has 0 heterocycles. The summed E-state index contributed by atoms with van der Waals surface area (Å²) >= 11 is 0. The molecule has 116 valence electrons. The van der Waals surface area contributed by atoms with E-state index in [2.05, 4.69) is 10.1 Å². The highest BCUT2D eigenvalue weighted by Gasteiger charge is 2.24. The van der Waals surface area contributed by atoms with Crippen molar-refractivity contribution in [2.24, 2.45) is 0 Å². The predicted octanol–water partition coefficient (Wildman–Crippen LogP) is 0.289. The first kappa shape index (κ1) is 17.0. The number of hydrogen-bond acceptors (Lipinski definition) is 4. The van der Waals surface area contributed by atoms with Gasteiger partial charge in [-0.1, -0.05) is 11.6 Å². The van der Waals surface area contributed by atoms with Crippen molar-refractivity contribution in [1.82, 2.24) is 5.32 Å². The van der Waals surface area contributed by atoms with E-state index in [0.717, 1.165) is 21.8 Å². The molecule has 0 saturated carbocycles. The van der Waals surface area contributed by atoms with E-state index in [1.807, 2.05) is 32.2 Å². The van der Waals surface area contributed by atoms with Gasteiger partial charge in [0.2, 0.25) is 0 Å². The molecular weight excluding hydrogens is 272 g/mol. The van der Waals surface area contributed by atoms with E-state index in [4.69, 9.17) is 4.74 Å². The minimum absolute atomic E-state index is 0.369. The zero-order chi connectivity index (χ0) is 16.0. The van der Waals surface area contributed by atoms with Crippen LogP contribution in [0.2, 0.25) is 0 Å². The van der Waals surface area contributed by atoms with Gasteiger partial charge >= 0.3 is 6.09 Å². The van der Waals surface area contributed by atoms with E-state index < -0.39 is 12.1 Å². The number of nitrogens with one attached hydrogen (secondary N) is 2. The first-order valence-electron chi connectivity index (χ1n) is 6.73. The minimum Gasteiger partial charge on any atom is -0.496 e. The molecule has 21 heavy (non-hydrogen) atoms. The third kappa shape index (κ3) is 4.75. The lowest BCUT2D eigenvalue weighted by Gasteiger charge is -2.21. The maximum Gasteiger partial charge on any atom is 0.413 e. The molecule has 0 fully saturated rings. The van der Waals surface area contributed by atoms with Crippen LogP contribution in [0.15, 0.2) is 18.2 Å². The Morgan fingerprint density at radius 1 is 1.33 bits per heavy atom. The molecule has 6 nitrogen and oxygen atoms in total. The van der Waals surface area contributed by atoms with Crippen LogP contribution in [-0.2, 0) is 16.1 Å². The van der Waals surface area contributed by atoms with Gasteiger partial charge < -0.3 is 14.4 Å². The molecule has 0 radical (unpaired) electrons. The number of alkyl carbamates (subject to hydrolysis) is 1. The smallest absolute Gasteiger partial charge is 0.413 e. The molecule has 2 amide bonds. The van der Waals surface area contributed by atoms with Crippen molar-refractivity contribution in [3.63, 3.8) is 0 Å². The molecular formula is C15H23N2O4+. The number of aryl methyl sites for hydroxylation is 1. The highest BCUT2D eigenvalue weighted by molar-refractivity contribution is 5.93. The van der Waals surface area contributed by atoms with Gasteiger partial charge in [0.25, 0.3) is 5.91 Å². The minimum atomic E-state index is -0.743. The fourth-order valence-corrected chi connectivity index (χ4v) is 1.98. The second kappa shape index (κ2) is 7.64. The number of imide groups is 1. The second-order valence-corrected chi connectivity index (χ2v) is 5.04. The van der Waals surface area contributed by atoms with Crippen LogP contribution in [0, 0.1) is 6.92 Å². The van der Waals surface area contributed by atoms with Gasteiger partial charge in [0.1, 0.15) is 12.3 Å². The number of likely N-dealkylation sites (N-methyl/N-ethyl adjacent to an activating group) is 1. The molecule has 0 aliphatic rings. The Bertz CT molecular complexity index is 516. The molecule has 0 aliphatic heterocycles. The van der Waals surface area contributed by atoms with Crippen LogP contribution in [0.5, 0.6) is 5.75 Å². The molecule has 0 spiro atoms. The maximum atomic E-state index is 11.9. The molecule has 1 unspecified atom stereocenters. The fraction of sp³-hybridized carbons (Fsp3) is 0.467. The van der Waals surface area contributed by atoms with Crippen molar-refractivity contribution in [2.45, 2.75) is 26.4 Å². The lowest BCUT2D eigenvalue weighted by Crippen LogP contribution is -3.12. The van der Waals surface area contributed by atoms with Crippen molar-refractivity contribution in [1.29, 1.82) is 0 Å². The lowest BCUT2D eigenvalue weighted by atomic mass is 10.1. The number of methoxy groups -OCH3 is 2. The summed E-state index contributed by atoms with van der Waals surface area (Å²) < 4.78 is 9.76.